The summed E-state index contributed by atoms with van der Waals surface area (Å²) < 4.78 is 10.5. The molecule has 2 aromatic heterocycles. The number of benzene rings is 1. The Morgan fingerprint density at radius 1 is 1.08 bits per heavy atom. The summed E-state index contributed by atoms with van der Waals surface area (Å²) in [6.07, 6.45) is 0. The van der Waals surface area contributed by atoms with E-state index >= 15 is 0 Å². The van der Waals surface area contributed by atoms with Crippen LogP contribution >= 0.6 is 0 Å². The van der Waals surface area contributed by atoms with Crippen molar-refractivity contribution in [2.24, 2.45) is 5.92 Å². The lowest BCUT2D eigenvalue weighted by atomic mass is 10.0. The van der Waals surface area contributed by atoms with Gasteiger partial charge in [-0.15, -0.1) is 0 Å². The number of hydrogen-bond donors (Lipinski definition) is 1. The molecule has 1 N–H and O–H groups in total. The maximum atomic E-state index is 12.5. The minimum Gasteiger partial charge on any atom is -0.355 e. The van der Waals surface area contributed by atoms with E-state index in [4.69, 9.17) is 9.05 Å². The molecule has 2 heterocycles. The molecule has 0 unspecified atom stereocenters. The van der Waals surface area contributed by atoms with Gasteiger partial charge in [0.25, 0.3) is 5.91 Å². The number of nitrogens with one attached hydrogen (secondary N) is 1. The molecule has 0 saturated heterocycles. The van der Waals surface area contributed by atoms with Gasteiger partial charge in [0.2, 0.25) is 5.89 Å². The maximum absolute atomic E-state index is 12.5. The van der Waals surface area contributed by atoms with Crippen LogP contribution in [0.3, 0.4) is 0 Å². The summed E-state index contributed by atoms with van der Waals surface area (Å²) in [4.78, 5) is 16.7. The molecule has 0 aliphatic carbocycles. The summed E-state index contributed by atoms with van der Waals surface area (Å²) in [6, 6.07) is 9.03. The Hall–Kier alpha value is -2.96. The number of aromatic nitrogens is 3. The Balaban J connectivity index is 1.77. The van der Waals surface area contributed by atoms with Crippen LogP contribution in [-0.2, 0) is 0 Å². The predicted octanol–water partition coefficient (Wildman–Crippen LogP) is 3.47. The lowest BCUT2D eigenvalue weighted by Crippen LogP contribution is -2.32. The van der Waals surface area contributed by atoms with Crippen molar-refractivity contribution in [1.82, 2.24) is 20.6 Å². The minimum absolute atomic E-state index is 0.0762. The summed E-state index contributed by atoms with van der Waals surface area (Å²) >= 11 is 0. The van der Waals surface area contributed by atoms with E-state index in [9.17, 15) is 4.79 Å². The van der Waals surface area contributed by atoms with Crippen LogP contribution in [0.15, 0.2) is 39.4 Å². The fraction of sp³-hybridized carbons (Fsp3) is 0.333. The molecule has 3 rings (SSSR count). The van der Waals surface area contributed by atoms with Gasteiger partial charge < -0.3 is 14.4 Å². The van der Waals surface area contributed by atoms with E-state index in [2.05, 4.69) is 20.6 Å². The van der Waals surface area contributed by atoms with Gasteiger partial charge in [0, 0.05) is 11.6 Å². The molecule has 0 fully saturated rings. The van der Waals surface area contributed by atoms with Crippen LogP contribution < -0.4 is 5.32 Å². The second-order valence-electron chi connectivity index (χ2n) is 6.32. The average molecular weight is 340 g/mol. The highest BCUT2D eigenvalue weighted by molar-refractivity contribution is 5.93. The van der Waals surface area contributed by atoms with Crippen molar-refractivity contribution in [3.63, 3.8) is 0 Å². The third kappa shape index (κ3) is 3.76. The van der Waals surface area contributed by atoms with Gasteiger partial charge in [0.15, 0.2) is 17.3 Å². The van der Waals surface area contributed by atoms with Gasteiger partial charge in [-0.3, -0.25) is 4.79 Å². The molecule has 3 aromatic rings. The molecule has 0 bridgehead atoms. The molecular formula is C18H20N4O3. The van der Waals surface area contributed by atoms with E-state index in [0.717, 1.165) is 11.1 Å². The lowest BCUT2D eigenvalue weighted by Gasteiger charge is -2.17. The van der Waals surface area contributed by atoms with Crippen molar-refractivity contribution >= 4 is 5.91 Å². The molecular weight excluding hydrogens is 320 g/mol. The van der Waals surface area contributed by atoms with Crippen LogP contribution in [-0.4, -0.2) is 21.2 Å². The van der Waals surface area contributed by atoms with Gasteiger partial charge >= 0.3 is 0 Å². The number of rotatable bonds is 5. The normalized spacial score (nSPS) is 12.4. The summed E-state index contributed by atoms with van der Waals surface area (Å²) in [5, 5.41) is 10.5. The predicted molar refractivity (Wildman–Crippen MR) is 90.8 cm³/mol. The zero-order valence-corrected chi connectivity index (χ0v) is 14.6. The van der Waals surface area contributed by atoms with Gasteiger partial charge in [-0.05, 0) is 19.8 Å². The Bertz CT molecular complexity index is 865. The smallest absolute Gasteiger partial charge is 0.274 e. The van der Waals surface area contributed by atoms with E-state index in [-0.39, 0.29) is 17.5 Å². The van der Waals surface area contributed by atoms with Crippen LogP contribution in [0.5, 0.6) is 0 Å². The number of hydrogen-bond acceptors (Lipinski definition) is 6. The van der Waals surface area contributed by atoms with E-state index in [1.54, 1.807) is 13.0 Å². The Labute approximate surface area is 145 Å². The zero-order chi connectivity index (χ0) is 18.0. The van der Waals surface area contributed by atoms with Gasteiger partial charge in [0.1, 0.15) is 6.04 Å². The number of amides is 1. The molecule has 0 saturated carbocycles. The van der Waals surface area contributed by atoms with Gasteiger partial charge in [-0.1, -0.05) is 54.0 Å². The molecule has 0 aliphatic heterocycles. The van der Waals surface area contributed by atoms with Crippen LogP contribution in [0.25, 0.3) is 11.3 Å². The molecule has 7 heteroatoms. The van der Waals surface area contributed by atoms with Crippen molar-refractivity contribution in [3.8, 4) is 11.3 Å². The maximum Gasteiger partial charge on any atom is 0.274 e. The van der Waals surface area contributed by atoms with Crippen molar-refractivity contribution in [1.29, 1.82) is 0 Å². The molecule has 0 radical (unpaired) electrons. The van der Waals surface area contributed by atoms with Crippen molar-refractivity contribution < 1.29 is 13.8 Å². The fourth-order valence-electron chi connectivity index (χ4n) is 2.40. The minimum atomic E-state index is -0.395. The summed E-state index contributed by atoms with van der Waals surface area (Å²) in [7, 11) is 0. The Morgan fingerprint density at radius 3 is 2.40 bits per heavy atom. The third-order valence-corrected chi connectivity index (χ3v) is 3.84. The summed E-state index contributed by atoms with van der Waals surface area (Å²) in [6.45, 7) is 7.67. The SMILES string of the molecule is Cc1ccc(-c2cc(C(=O)N[C@H](c3nc(C)no3)C(C)C)no2)cc1. The first kappa shape index (κ1) is 16.9. The molecule has 0 spiro atoms. The van der Waals surface area contributed by atoms with Crippen molar-refractivity contribution in [2.75, 3.05) is 0 Å². The first-order valence-corrected chi connectivity index (χ1v) is 8.09. The highest BCUT2D eigenvalue weighted by Gasteiger charge is 2.26. The van der Waals surface area contributed by atoms with Crippen LogP contribution in [0.1, 0.15) is 47.7 Å². The third-order valence-electron chi connectivity index (χ3n) is 3.84. The first-order chi connectivity index (χ1) is 11.9. The monoisotopic (exact) mass is 340 g/mol. The van der Waals surface area contributed by atoms with E-state index in [0.29, 0.717) is 17.5 Å². The number of nitrogens with zero attached hydrogens (tertiary/aromatic N) is 3. The van der Waals surface area contributed by atoms with Gasteiger partial charge in [0.05, 0.1) is 0 Å². The van der Waals surface area contributed by atoms with Gasteiger partial charge in [-0.2, -0.15) is 4.98 Å². The summed E-state index contributed by atoms with van der Waals surface area (Å²) in [5.74, 6) is 1.17. The number of carbonyl (C=O) groups excluding carboxylic acids is 1. The highest BCUT2D eigenvalue weighted by atomic mass is 16.5. The standard InChI is InChI=1S/C18H20N4O3/c1-10(2)16(18-19-12(4)21-25-18)20-17(23)14-9-15(24-22-14)13-7-5-11(3)6-8-13/h5-10,16H,1-4H3,(H,20,23)/t16-/m0/s1. The molecule has 25 heavy (non-hydrogen) atoms. The van der Waals surface area contributed by atoms with Crippen LogP contribution in [0.4, 0.5) is 0 Å². The van der Waals surface area contributed by atoms with E-state index in [1.165, 1.54) is 0 Å². The fourth-order valence-corrected chi connectivity index (χ4v) is 2.40. The number of carbonyl (C=O) groups is 1. The van der Waals surface area contributed by atoms with Crippen molar-refractivity contribution in [3.05, 3.63) is 53.3 Å². The number of aryl methyl sites for hydroxylation is 2. The molecule has 1 atom stereocenters. The van der Waals surface area contributed by atoms with Crippen molar-refractivity contribution in [2.45, 2.75) is 33.7 Å². The largest absolute Gasteiger partial charge is 0.355 e. The molecule has 1 aromatic carbocycles. The molecule has 1 amide bonds. The molecule has 130 valence electrons. The van der Waals surface area contributed by atoms with E-state index in [1.807, 2.05) is 45.0 Å². The summed E-state index contributed by atoms with van der Waals surface area (Å²) in [5.41, 5.74) is 2.22. The second-order valence-corrected chi connectivity index (χ2v) is 6.32. The lowest BCUT2D eigenvalue weighted by molar-refractivity contribution is 0.0904. The van der Waals surface area contributed by atoms with E-state index < -0.39 is 6.04 Å². The van der Waals surface area contributed by atoms with Gasteiger partial charge in [-0.25, -0.2) is 0 Å². The van der Waals surface area contributed by atoms with Crippen LogP contribution in [0, 0.1) is 19.8 Å². The second kappa shape index (κ2) is 6.88. The Morgan fingerprint density at radius 2 is 1.80 bits per heavy atom. The molecule has 7 nitrogen and oxygen atoms in total. The quantitative estimate of drug-likeness (QED) is 0.764. The average Bonchev–Trinajstić information content (AvgIpc) is 3.22. The first-order valence-electron chi connectivity index (χ1n) is 8.09. The highest BCUT2D eigenvalue weighted by Crippen LogP contribution is 2.23. The Kier molecular flexibility index (Phi) is 4.65. The topological polar surface area (TPSA) is 94.1 Å². The molecule has 0 aliphatic rings. The zero-order valence-electron chi connectivity index (χ0n) is 14.6. The van der Waals surface area contributed by atoms with Crippen LogP contribution in [0.2, 0.25) is 0 Å².